The molecule has 0 N–H and O–H groups in total. The molecule has 190 valence electrons. The van der Waals surface area contributed by atoms with E-state index in [-0.39, 0.29) is 5.92 Å². The Balaban J connectivity index is 1.73. The molecule has 0 heteroatoms. The number of rotatable bonds is 5. The van der Waals surface area contributed by atoms with Crippen molar-refractivity contribution in [3.05, 3.63) is 215 Å². The predicted molar refractivity (Wildman–Crippen MR) is 167 cm³/mol. The molecule has 1 atom stereocenters. The van der Waals surface area contributed by atoms with Gasteiger partial charge in [0.1, 0.15) is 0 Å². The van der Waals surface area contributed by atoms with Crippen LogP contribution in [0.15, 0.2) is 176 Å². The highest BCUT2D eigenvalue weighted by Gasteiger charge is 2.51. The molecule has 0 spiro atoms. The number of benzene rings is 6. The van der Waals surface area contributed by atoms with Crippen LogP contribution in [0.2, 0.25) is 0 Å². The van der Waals surface area contributed by atoms with E-state index < -0.39 is 5.41 Å². The van der Waals surface area contributed by atoms with E-state index in [1.54, 1.807) is 0 Å². The topological polar surface area (TPSA) is 0 Å². The summed E-state index contributed by atoms with van der Waals surface area (Å²) < 4.78 is 0. The molecule has 1 aliphatic carbocycles. The Morgan fingerprint density at radius 2 is 0.800 bits per heavy atom. The summed E-state index contributed by atoms with van der Waals surface area (Å²) in [7, 11) is 0. The maximum absolute atomic E-state index is 2.36. The second-order valence-corrected chi connectivity index (χ2v) is 10.5. The van der Waals surface area contributed by atoms with Crippen molar-refractivity contribution >= 4 is 11.1 Å². The first-order chi connectivity index (χ1) is 19.9. The van der Waals surface area contributed by atoms with Gasteiger partial charge in [-0.3, -0.25) is 0 Å². The van der Waals surface area contributed by atoms with Crippen LogP contribution in [0.1, 0.15) is 44.9 Å². The Kier molecular flexibility index (Phi) is 6.22. The molecule has 1 aliphatic rings. The molecule has 0 aliphatic heterocycles. The minimum Gasteiger partial charge on any atom is -0.0622 e. The van der Waals surface area contributed by atoms with Crippen LogP contribution in [0.4, 0.5) is 0 Å². The van der Waals surface area contributed by atoms with Gasteiger partial charge < -0.3 is 0 Å². The van der Waals surface area contributed by atoms with Gasteiger partial charge >= 0.3 is 0 Å². The summed E-state index contributed by atoms with van der Waals surface area (Å²) in [6, 6.07) is 64.4. The molecule has 6 aromatic rings. The molecule has 40 heavy (non-hydrogen) atoms. The lowest BCUT2D eigenvalue weighted by atomic mass is 9.52. The van der Waals surface area contributed by atoms with E-state index in [9.17, 15) is 0 Å². The Morgan fingerprint density at radius 3 is 1.35 bits per heavy atom. The Labute approximate surface area is 236 Å². The van der Waals surface area contributed by atoms with Crippen LogP contribution in [-0.4, -0.2) is 0 Å². The molecule has 6 aromatic carbocycles. The van der Waals surface area contributed by atoms with Crippen molar-refractivity contribution in [2.75, 3.05) is 0 Å². The van der Waals surface area contributed by atoms with E-state index in [0.29, 0.717) is 0 Å². The third-order valence-electron chi connectivity index (χ3n) is 8.35. The number of allylic oxidation sites excluding steroid dienone is 1. The molecule has 0 bridgehead atoms. The zero-order valence-corrected chi connectivity index (χ0v) is 22.3. The monoisotopic (exact) mass is 510 g/mol. The third kappa shape index (κ3) is 3.84. The molecule has 7 rings (SSSR count). The summed E-state index contributed by atoms with van der Waals surface area (Å²) in [6.07, 6.45) is 0. The fourth-order valence-corrected chi connectivity index (χ4v) is 6.83. The molecular weight excluding hydrogens is 480 g/mol. The van der Waals surface area contributed by atoms with Crippen molar-refractivity contribution < 1.29 is 0 Å². The third-order valence-corrected chi connectivity index (χ3v) is 8.35. The summed E-state index contributed by atoms with van der Waals surface area (Å²) in [5.74, 6) is 0.0195. The highest BCUT2D eigenvalue weighted by molar-refractivity contribution is 6.05. The zero-order valence-electron chi connectivity index (χ0n) is 22.3. The van der Waals surface area contributed by atoms with Crippen LogP contribution in [0.3, 0.4) is 0 Å². The SMILES string of the molecule is c1ccc(C2=C(c3ccccc3)C(c3ccccc3)C(c3ccccc3)(c3ccccc3)c3ccccc32)cc1. The van der Waals surface area contributed by atoms with Crippen LogP contribution >= 0.6 is 0 Å². The Bertz CT molecular complexity index is 1710. The van der Waals surface area contributed by atoms with E-state index in [2.05, 4.69) is 176 Å². The lowest BCUT2D eigenvalue weighted by Crippen LogP contribution is -2.40. The molecule has 0 nitrogen and oxygen atoms in total. The highest BCUT2D eigenvalue weighted by Crippen LogP contribution is 2.61. The van der Waals surface area contributed by atoms with Crippen molar-refractivity contribution in [1.29, 1.82) is 0 Å². The second kappa shape index (κ2) is 10.3. The molecule has 0 amide bonds. The van der Waals surface area contributed by atoms with Crippen LogP contribution in [0.25, 0.3) is 11.1 Å². The van der Waals surface area contributed by atoms with E-state index in [4.69, 9.17) is 0 Å². The fourth-order valence-electron chi connectivity index (χ4n) is 6.83. The van der Waals surface area contributed by atoms with Gasteiger partial charge in [-0.2, -0.15) is 0 Å². The first-order valence-corrected chi connectivity index (χ1v) is 14.0. The highest BCUT2D eigenvalue weighted by atomic mass is 14.5. The van der Waals surface area contributed by atoms with Crippen molar-refractivity contribution in [2.24, 2.45) is 0 Å². The van der Waals surface area contributed by atoms with Gasteiger partial charge in [-0.1, -0.05) is 176 Å². The van der Waals surface area contributed by atoms with Gasteiger partial charge in [0.25, 0.3) is 0 Å². The van der Waals surface area contributed by atoms with Gasteiger partial charge in [0, 0.05) is 5.92 Å². The van der Waals surface area contributed by atoms with Gasteiger partial charge in [-0.05, 0) is 50.1 Å². The van der Waals surface area contributed by atoms with Gasteiger partial charge in [-0.25, -0.2) is 0 Å². The van der Waals surface area contributed by atoms with Crippen LogP contribution < -0.4 is 0 Å². The zero-order chi connectivity index (χ0) is 26.8. The van der Waals surface area contributed by atoms with Crippen LogP contribution in [0, 0.1) is 0 Å². The standard InChI is InChI=1S/C40H30/c1-6-18-30(19-7-1)37-35-28-16-17-29-36(35)40(33-24-12-4-13-25-33,34-26-14-5-15-27-34)39(32-22-10-3-11-23-32)38(37)31-20-8-2-9-21-31/h1-29,39H. The minimum atomic E-state index is -0.454. The molecule has 0 aromatic heterocycles. The van der Waals surface area contributed by atoms with Gasteiger partial charge in [0.2, 0.25) is 0 Å². The van der Waals surface area contributed by atoms with E-state index in [1.165, 1.54) is 50.1 Å². The largest absolute Gasteiger partial charge is 0.0622 e. The molecular formula is C40H30. The number of hydrogen-bond acceptors (Lipinski definition) is 0. The van der Waals surface area contributed by atoms with Crippen molar-refractivity contribution in [1.82, 2.24) is 0 Å². The van der Waals surface area contributed by atoms with Crippen molar-refractivity contribution in [3.63, 3.8) is 0 Å². The molecule has 0 saturated carbocycles. The predicted octanol–water partition coefficient (Wildman–Crippen LogP) is 9.78. The second-order valence-electron chi connectivity index (χ2n) is 10.5. The quantitative estimate of drug-likeness (QED) is 0.216. The summed E-state index contributed by atoms with van der Waals surface area (Å²) in [5.41, 5.74) is 11.2. The number of fused-ring (bicyclic) bond motifs is 1. The van der Waals surface area contributed by atoms with Crippen molar-refractivity contribution in [3.8, 4) is 0 Å². The fraction of sp³-hybridized carbons (Fsp3) is 0.0500. The first kappa shape index (κ1) is 24.1. The Morgan fingerprint density at radius 1 is 0.375 bits per heavy atom. The van der Waals surface area contributed by atoms with E-state index in [0.717, 1.165) is 0 Å². The van der Waals surface area contributed by atoms with Gasteiger partial charge in [-0.15, -0.1) is 0 Å². The average molecular weight is 511 g/mol. The van der Waals surface area contributed by atoms with Gasteiger partial charge in [0.05, 0.1) is 5.41 Å². The molecule has 0 heterocycles. The lowest BCUT2D eigenvalue weighted by molar-refractivity contribution is 0.554. The maximum Gasteiger partial charge on any atom is 0.0566 e. The minimum absolute atomic E-state index is 0.0195. The van der Waals surface area contributed by atoms with E-state index in [1.807, 2.05) is 0 Å². The summed E-state index contributed by atoms with van der Waals surface area (Å²) in [5, 5.41) is 0. The summed E-state index contributed by atoms with van der Waals surface area (Å²) in [4.78, 5) is 0. The van der Waals surface area contributed by atoms with Crippen LogP contribution in [0.5, 0.6) is 0 Å². The first-order valence-electron chi connectivity index (χ1n) is 14.0. The molecule has 1 unspecified atom stereocenters. The maximum atomic E-state index is 2.36. The number of hydrogen-bond donors (Lipinski definition) is 0. The summed E-state index contributed by atoms with van der Waals surface area (Å²) in [6.45, 7) is 0. The van der Waals surface area contributed by atoms with Crippen LogP contribution in [-0.2, 0) is 5.41 Å². The van der Waals surface area contributed by atoms with E-state index >= 15 is 0 Å². The smallest absolute Gasteiger partial charge is 0.0566 e. The Hall–Kier alpha value is -4.94. The molecule has 0 fully saturated rings. The van der Waals surface area contributed by atoms with Gasteiger partial charge in [0.15, 0.2) is 0 Å². The van der Waals surface area contributed by atoms with Crippen molar-refractivity contribution in [2.45, 2.75) is 11.3 Å². The molecule has 0 saturated heterocycles. The average Bonchev–Trinajstić information content (AvgIpc) is 3.05. The summed E-state index contributed by atoms with van der Waals surface area (Å²) >= 11 is 0. The normalized spacial score (nSPS) is 15.8. The molecule has 0 radical (unpaired) electrons. The lowest BCUT2D eigenvalue weighted by Gasteiger charge is -2.49.